The van der Waals surface area contributed by atoms with Gasteiger partial charge in [-0.2, -0.15) is 0 Å². The number of H-pyrrole nitrogens is 1. The van der Waals surface area contributed by atoms with E-state index in [1.165, 1.54) is 0 Å². The Morgan fingerprint density at radius 3 is 3.00 bits per heavy atom. The van der Waals surface area contributed by atoms with Gasteiger partial charge in [0.25, 0.3) is 5.91 Å². The molecule has 0 saturated heterocycles. The van der Waals surface area contributed by atoms with Gasteiger partial charge in [-0.3, -0.25) is 4.79 Å². The third-order valence-electron chi connectivity index (χ3n) is 1.98. The van der Waals surface area contributed by atoms with E-state index in [1.807, 2.05) is 0 Å². The molecular weight excluding hydrogens is 190 g/mol. The van der Waals surface area contributed by atoms with E-state index >= 15 is 0 Å². The van der Waals surface area contributed by atoms with Gasteiger partial charge in [0, 0.05) is 24.8 Å². The predicted molar refractivity (Wildman–Crippen MR) is 60.2 cm³/mol. The van der Waals surface area contributed by atoms with E-state index in [2.05, 4.69) is 16.2 Å². The number of aromatic nitrogens is 1. The molecule has 1 aromatic heterocycles. The van der Waals surface area contributed by atoms with E-state index < -0.39 is 0 Å². The molecule has 0 unspecified atom stereocenters. The van der Waals surface area contributed by atoms with E-state index in [1.54, 1.807) is 12.3 Å². The summed E-state index contributed by atoms with van der Waals surface area (Å²) in [5.41, 5.74) is 6.53. The Balaban J connectivity index is 2.23. The fraction of sp³-hybridized carbons (Fsp3) is 0.364. The number of anilines is 1. The maximum atomic E-state index is 11.5. The average Bonchev–Trinajstić information content (AvgIpc) is 2.64. The van der Waals surface area contributed by atoms with Gasteiger partial charge >= 0.3 is 0 Å². The van der Waals surface area contributed by atoms with Crippen LogP contribution >= 0.6 is 0 Å². The predicted octanol–water partition coefficient (Wildman–Crippen LogP) is 1.13. The summed E-state index contributed by atoms with van der Waals surface area (Å²) in [5.74, 6) is 2.42. The van der Waals surface area contributed by atoms with Crippen molar-refractivity contribution >= 4 is 11.6 Å². The number of rotatable bonds is 5. The van der Waals surface area contributed by atoms with Crippen LogP contribution in [0.25, 0.3) is 0 Å². The van der Waals surface area contributed by atoms with Gasteiger partial charge in [0.2, 0.25) is 0 Å². The highest BCUT2D eigenvalue weighted by Gasteiger charge is 2.05. The lowest BCUT2D eigenvalue weighted by atomic mass is 10.2. The first kappa shape index (κ1) is 11.2. The summed E-state index contributed by atoms with van der Waals surface area (Å²) in [7, 11) is 0. The average molecular weight is 205 g/mol. The molecule has 0 aliphatic carbocycles. The van der Waals surface area contributed by atoms with E-state index in [9.17, 15) is 4.79 Å². The second-order valence-electron chi connectivity index (χ2n) is 3.26. The van der Waals surface area contributed by atoms with Crippen LogP contribution in [0.2, 0.25) is 0 Å². The Kier molecular flexibility index (Phi) is 4.30. The van der Waals surface area contributed by atoms with Crippen LogP contribution in [0.4, 0.5) is 5.69 Å². The molecule has 0 bridgehead atoms. The number of hydrogen-bond acceptors (Lipinski definition) is 2. The molecule has 80 valence electrons. The van der Waals surface area contributed by atoms with Gasteiger partial charge in [-0.05, 0) is 18.9 Å². The summed E-state index contributed by atoms with van der Waals surface area (Å²) < 4.78 is 0. The van der Waals surface area contributed by atoms with Crippen LogP contribution in [-0.4, -0.2) is 17.4 Å². The molecule has 0 aliphatic heterocycles. The second-order valence-corrected chi connectivity index (χ2v) is 3.26. The van der Waals surface area contributed by atoms with Crippen LogP contribution in [0.15, 0.2) is 12.3 Å². The van der Waals surface area contributed by atoms with Crippen molar-refractivity contribution in [1.82, 2.24) is 10.3 Å². The Bertz CT molecular complexity index is 362. The molecule has 0 spiro atoms. The molecule has 4 heteroatoms. The fourth-order valence-electron chi connectivity index (χ4n) is 1.19. The van der Waals surface area contributed by atoms with E-state index in [4.69, 9.17) is 12.2 Å². The van der Waals surface area contributed by atoms with Crippen molar-refractivity contribution in [3.63, 3.8) is 0 Å². The molecular formula is C11H15N3O. The molecule has 15 heavy (non-hydrogen) atoms. The topological polar surface area (TPSA) is 70.9 Å². The van der Waals surface area contributed by atoms with Gasteiger partial charge in [-0.1, -0.05) is 0 Å². The van der Waals surface area contributed by atoms with Crippen molar-refractivity contribution in [2.24, 2.45) is 0 Å². The summed E-state index contributed by atoms with van der Waals surface area (Å²) in [6, 6.07) is 1.61. The van der Waals surface area contributed by atoms with Gasteiger partial charge in [0.15, 0.2) is 0 Å². The van der Waals surface area contributed by atoms with E-state index in [-0.39, 0.29) is 5.91 Å². The van der Waals surface area contributed by atoms with Crippen LogP contribution in [0.5, 0.6) is 0 Å². The van der Waals surface area contributed by atoms with Crippen molar-refractivity contribution in [2.45, 2.75) is 19.3 Å². The zero-order valence-corrected chi connectivity index (χ0v) is 8.55. The highest BCUT2D eigenvalue weighted by Crippen LogP contribution is 2.03. The zero-order chi connectivity index (χ0) is 11.1. The Morgan fingerprint density at radius 1 is 1.60 bits per heavy atom. The number of hydrogen-bond donors (Lipinski definition) is 3. The Morgan fingerprint density at radius 2 is 2.40 bits per heavy atom. The largest absolute Gasteiger partial charge is 0.397 e. The molecule has 1 rings (SSSR count). The molecule has 1 heterocycles. The smallest absolute Gasteiger partial charge is 0.267 e. The molecule has 4 N–H and O–H groups in total. The minimum Gasteiger partial charge on any atom is -0.397 e. The summed E-state index contributed by atoms with van der Waals surface area (Å²) in [6.07, 6.45) is 9.28. The maximum Gasteiger partial charge on any atom is 0.267 e. The minimum absolute atomic E-state index is 0.132. The Hall–Kier alpha value is -1.89. The number of amides is 1. The number of nitrogens with one attached hydrogen (secondary N) is 2. The number of aromatic amines is 1. The van der Waals surface area contributed by atoms with Crippen LogP contribution in [0.3, 0.4) is 0 Å². The van der Waals surface area contributed by atoms with Gasteiger partial charge < -0.3 is 16.0 Å². The molecule has 0 atom stereocenters. The number of terminal acetylenes is 1. The maximum absolute atomic E-state index is 11.5. The van der Waals surface area contributed by atoms with Crippen LogP contribution in [0, 0.1) is 12.3 Å². The molecule has 0 fully saturated rings. The molecule has 1 aromatic rings. The number of unbranched alkanes of at least 4 members (excludes halogenated alkanes) is 2. The van der Waals surface area contributed by atoms with Gasteiger partial charge in [0.05, 0.1) is 0 Å². The molecule has 1 amide bonds. The normalized spacial score (nSPS) is 9.53. The summed E-state index contributed by atoms with van der Waals surface area (Å²) in [6.45, 7) is 0.638. The number of carbonyl (C=O) groups excluding carboxylic acids is 1. The van der Waals surface area contributed by atoms with E-state index in [0.29, 0.717) is 17.9 Å². The molecule has 4 nitrogen and oxygen atoms in total. The van der Waals surface area contributed by atoms with Gasteiger partial charge in [-0.25, -0.2) is 0 Å². The fourth-order valence-corrected chi connectivity index (χ4v) is 1.19. The van der Waals surface area contributed by atoms with Crippen molar-refractivity contribution in [1.29, 1.82) is 0 Å². The van der Waals surface area contributed by atoms with Gasteiger partial charge in [0.1, 0.15) is 5.69 Å². The number of nitrogens with two attached hydrogens (primary N) is 1. The quantitative estimate of drug-likeness (QED) is 0.498. The second kappa shape index (κ2) is 5.76. The highest BCUT2D eigenvalue weighted by atomic mass is 16.1. The third-order valence-corrected chi connectivity index (χ3v) is 1.98. The SMILES string of the molecule is C#CCCCCNC(=O)c1cc(N)c[nH]1. The summed E-state index contributed by atoms with van der Waals surface area (Å²) in [5, 5.41) is 2.78. The molecule has 0 saturated carbocycles. The van der Waals surface area contributed by atoms with Crippen LogP contribution < -0.4 is 11.1 Å². The highest BCUT2D eigenvalue weighted by molar-refractivity contribution is 5.93. The lowest BCUT2D eigenvalue weighted by Gasteiger charge is -2.01. The van der Waals surface area contributed by atoms with E-state index in [0.717, 1.165) is 19.3 Å². The van der Waals surface area contributed by atoms with Crippen molar-refractivity contribution in [3.8, 4) is 12.3 Å². The molecule has 0 aromatic carbocycles. The lowest BCUT2D eigenvalue weighted by molar-refractivity contribution is 0.0948. The van der Waals surface area contributed by atoms with Crippen LogP contribution in [-0.2, 0) is 0 Å². The zero-order valence-electron chi connectivity index (χ0n) is 8.55. The summed E-state index contributed by atoms with van der Waals surface area (Å²) >= 11 is 0. The first-order chi connectivity index (χ1) is 7.24. The Labute approximate surface area is 89.2 Å². The lowest BCUT2D eigenvalue weighted by Crippen LogP contribution is -2.24. The van der Waals surface area contributed by atoms with Crippen LogP contribution in [0.1, 0.15) is 29.8 Å². The van der Waals surface area contributed by atoms with Crippen molar-refractivity contribution < 1.29 is 4.79 Å². The number of nitrogen functional groups attached to an aromatic ring is 1. The first-order valence-electron chi connectivity index (χ1n) is 4.89. The van der Waals surface area contributed by atoms with Gasteiger partial charge in [-0.15, -0.1) is 12.3 Å². The minimum atomic E-state index is -0.132. The summed E-state index contributed by atoms with van der Waals surface area (Å²) in [4.78, 5) is 14.2. The molecule has 0 aliphatic rings. The standard InChI is InChI=1S/C11H15N3O/c1-2-3-4-5-6-13-11(15)10-7-9(12)8-14-10/h1,7-8,14H,3-6,12H2,(H,13,15). The first-order valence-corrected chi connectivity index (χ1v) is 4.89. The van der Waals surface area contributed by atoms with Crippen molar-refractivity contribution in [3.05, 3.63) is 18.0 Å². The van der Waals surface area contributed by atoms with Crippen molar-refractivity contribution in [2.75, 3.05) is 12.3 Å². The third kappa shape index (κ3) is 3.77. The monoisotopic (exact) mass is 205 g/mol. The number of carbonyl (C=O) groups is 1. The molecule has 0 radical (unpaired) electrons.